The van der Waals surface area contributed by atoms with E-state index in [-0.39, 0.29) is 6.03 Å². The zero-order chi connectivity index (χ0) is 17.1. The minimum Gasteiger partial charge on any atom is -0.340 e. The maximum atomic E-state index is 12.5. The lowest BCUT2D eigenvalue weighted by Crippen LogP contribution is -2.47. The normalized spacial score (nSPS) is 20.2. The van der Waals surface area contributed by atoms with Gasteiger partial charge in [0.25, 0.3) is 0 Å². The summed E-state index contributed by atoms with van der Waals surface area (Å²) in [5.41, 5.74) is 1.09. The average molecular weight is 341 g/mol. The van der Waals surface area contributed by atoms with Gasteiger partial charge in [0.1, 0.15) is 0 Å². The van der Waals surface area contributed by atoms with Gasteiger partial charge in [0, 0.05) is 51.3 Å². The highest BCUT2D eigenvalue weighted by Crippen LogP contribution is 2.19. The summed E-state index contributed by atoms with van der Waals surface area (Å²) < 4.78 is 2.10. The van der Waals surface area contributed by atoms with Crippen molar-refractivity contribution in [2.45, 2.75) is 25.9 Å². The van der Waals surface area contributed by atoms with Crippen LogP contribution in [0.2, 0.25) is 0 Å². The molecule has 8 heteroatoms. The number of urea groups is 1. The van der Waals surface area contributed by atoms with Crippen LogP contribution >= 0.6 is 0 Å². The monoisotopic (exact) mass is 341 g/mol. The molecule has 4 rings (SSSR count). The van der Waals surface area contributed by atoms with E-state index in [0.717, 1.165) is 50.7 Å². The molecule has 0 saturated carbocycles. The number of amides is 2. The molecule has 0 aliphatic carbocycles. The molecular formula is C17H23N7O. The summed E-state index contributed by atoms with van der Waals surface area (Å²) in [6, 6.07) is 1.84. The van der Waals surface area contributed by atoms with Crippen LogP contribution in [0.25, 0.3) is 0 Å². The molecule has 1 unspecified atom stereocenters. The summed E-state index contributed by atoms with van der Waals surface area (Å²) in [7, 11) is 0. The number of aromatic nitrogens is 4. The molecule has 0 bridgehead atoms. The molecule has 132 valence electrons. The molecule has 2 aromatic heterocycles. The molecule has 4 heterocycles. The highest BCUT2D eigenvalue weighted by molar-refractivity contribution is 5.74. The molecule has 1 atom stereocenters. The third kappa shape index (κ3) is 3.57. The molecule has 2 aromatic rings. The Hall–Kier alpha value is -2.64. The summed E-state index contributed by atoms with van der Waals surface area (Å²) in [6.45, 7) is 4.72. The Morgan fingerprint density at radius 2 is 2.12 bits per heavy atom. The van der Waals surface area contributed by atoms with Gasteiger partial charge in [0.15, 0.2) is 0 Å². The fraction of sp³-hybridized carbons (Fsp3) is 0.529. The number of anilines is 1. The summed E-state index contributed by atoms with van der Waals surface area (Å²) in [4.78, 5) is 29.3. The SMILES string of the molecule is O=C(NCC1CCCN(c2ncccn2)C1)N1CCn2cncc2C1. The third-order valence-electron chi connectivity index (χ3n) is 4.95. The highest BCUT2D eigenvalue weighted by atomic mass is 16.2. The zero-order valence-electron chi connectivity index (χ0n) is 14.2. The van der Waals surface area contributed by atoms with Crippen molar-refractivity contribution in [2.75, 3.05) is 31.1 Å². The van der Waals surface area contributed by atoms with Crippen molar-refractivity contribution in [1.82, 2.24) is 29.7 Å². The van der Waals surface area contributed by atoms with Gasteiger partial charge < -0.3 is 19.7 Å². The summed E-state index contributed by atoms with van der Waals surface area (Å²) in [5.74, 6) is 1.21. The minimum absolute atomic E-state index is 0.0144. The van der Waals surface area contributed by atoms with E-state index >= 15 is 0 Å². The van der Waals surface area contributed by atoms with Crippen LogP contribution in [0, 0.1) is 5.92 Å². The van der Waals surface area contributed by atoms with Gasteiger partial charge in [-0.3, -0.25) is 0 Å². The molecule has 2 aliphatic heterocycles. The number of nitrogens with zero attached hydrogens (tertiary/aromatic N) is 6. The molecule has 2 aliphatic rings. The van der Waals surface area contributed by atoms with Gasteiger partial charge in [-0.25, -0.2) is 19.7 Å². The first kappa shape index (κ1) is 15.9. The Balaban J connectivity index is 1.29. The predicted octanol–water partition coefficient (Wildman–Crippen LogP) is 1.11. The van der Waals surface area contributed by atoms with Crippen molar-refractivity contribution in [3.63, 3.8) is 0 Å². The fourth-order valence-electron chi connectivity index (χ4n) is 3.57. The smallest absolute Gasteiger partial charge is 0.317 e. The van der Waals surface area contributed by atoms with Gasteiger partial charge in [-0.1, -0.05) is 0 Å². The van der Waals surface area contributed by atoms with Crippen molar-refractivity contribution in [1.29, 1.82) is 0 Å². The van der Waals surface area contributed by atoms with E-state index in [1.54, 1.807) is 12.4 Å². The number of piperidine rings is 1. The van der Waals surface area contributed by atoms with Crippen LogP contribution in [-0.2, 0) is 13.1 Å². The van der Waals surface area contributed by atoms with E-state index < -0.39 is 0 Å². The lowest BCUT2D eigenvalue weighted by atomic mass is 9.98. The van der Waals surface area contributed by atoms with Crippen molar-refractivity contribution in [3.8, 4) is 0 Å². The molecule has 1 N–H and O–H groups in total. The van der Waals surface area contributed by atoms with Crippen LogP contribution in [0.3, 0.4) is 0 Å². The van der Waals surface area contributed by atoms with Crippen LogP contribution in [0.4, 0.5) is 10.7 Å². The van der Waals surface area contributed by atoms with Crippen molar-refractivity contribution in [2.24, 2.45) is 5.92 Å². The van der Waals surface area contributed by atoms with E-state index in [4.69, 9.17) is 0 Å². The van der Waals surface area contributed by atoms with Crippen molar-refractivity contribution >= 4 is 12.0 Å². The van der Waals surface area contributed by atoms with Crippen LogP contribution in [0.15, 0.2) is 31.0 Å². The largest absolute Gasteiger partial charge is 0.340 e. The van der Waals surface area contributed by atoms with E-state index in [2.05, 4.69) is 29.7 Å². The highest BCUT2D eigenvalue weighted by Gasteiger charge is 2.24. The molecule has 1 saturated heterocycles. The quantitative estimate of drug-likeness (QED) is 0.905. The van der Waals surface area contributed by atoms with Gasteiger partial charge in [-0.05, 0) is 24.8 Å². The van der Waals surface area contributed by atoms with Crippen LogP contribution in [0.5, 0.6) is 0 Å². The second-order valence-electron chi connectivity index (χ2n) is 6.69. The average Bonchev–Trinajstić information content (AvgIpc) is 3.15. The Morgan fingerprint density at radius 1 is 1.24 bits per heavy atom. The van der Waals surface area contributed by atoms with E-state index in [1.165, 1.54) is 0 Å². The van der Waals surface area contributed by atoms with Gasteiger partial charge >= 0.3 is 6.03 Å². The molecule has 1 fully saturated rings. The summed E-state index contributed by atoms with van der Waals surface area (Å²) in [6.07, 6.45) is 9.42. The van der Waals surface area contributed by atoms with Gasteiger partial charge in [-0.15, -0.1) is 0 Å². The third-order valence-corrected chi connectivity index (χ3v) is 4.95. The molecular weight excluding hydrogens is 318 g/mol. The van der Waals surface area contributed by atoms with Gasteiger partial charge in [0.2, 0.25) is 5.95 Å². The van der Waals surface area contributed by atoms with Gasteiger partial charge in [-0.2, -0.15) is 0 Å². The minimum atomic E-state index is 0.0144. The first-order chi connectivity index (χ1) is 12.3. The Bertz CT molecular complexity index is 717. The predicted molar refractivity (Wildman–Crippen MR) is 93.0 cm³/mol. The second kappa shape index (κ2) is 7.08. The molecule has 0 aromatic carbocycles. The molecule has 0 spiro atoms. The number of imidazole rings is 1. The number of rotatable bonds is 3. The van der Waals surface area contributed by atoms with Gasteiger partial charge in [0.05, 0.1) is 18.6 Å². The van der Waals surface area contributed by atoms with E-state index in [0.29, 0.717) is 19.0 Å². The fourth-order valence-corrected chi connectivity index (χ4v) is 3.57. The number of hydrogen-bond donors (Lipinski definition) is 1. The van der Waals surface area contributed by atoms with Crippen molar-refractivity contribution < 1.29 is 4.79 Å². The lowest BCUT2D eigenvalue weighted by Gasteiger charge is -2.33. The van der Waals surface area contributed by atoms with Crippen LogP contribution in [0.1, 0.15) is 18.5 Å². The Kier molecular flexibility index (Phi) is 4.49. The number of nitrogens with one attached hydrogen (secondary N) is 1. The molecule has 2 amide bonds. The number of carbonyl (C=O) groups excluding carboxylic acids is 1. The maximum Gasteiger partial charge on any atom is 0.317 e. The summed E-state index contributed by atoms with van der Waals surface area (Å²) in [5, 5.41) is 3.11. The standard InChI is InChI=1S/C17H23N7O/c25-17(23-7-8-24-13-18-10-15(24)12-23)21-9-14-3-1-6-22(11-14)16-19-4-2-5-20-16/h2,4-5,10,13-14H,1,3,6-9,11-12H2,(H,21,25). The maximum absolute atomic E-state index is 12.5. The molecule has 0 radical (unpaired) electrons. The molecule has 25 heavy (non-hydrogen) atoms. The molecule has 8 nitrogen and oxygen atoms in total. The first-order valence-corrected chi connectivity index (χ1v) is 8.83. The zero-order valence-corrected chi connectivity index (χ0v) is 14.2. The lowest BCUT2D eigenvalue weighted by molar-refractivity contribution is 0.181. The second-order valence-corrected chi connectivity index (χ2v) is 6.69. The Labute approximate surface area is 146 Å². The van der Waals surface area contributed by atoms with E-state index in [1.807, 2.05) is 23.5 Å². The van der Waals surface area contributed by atoms with Crippen LogP contribution in [-0.4, -0.2) is 56.6 Å². The van der Waals surface area contributed by atoms with Crippen molar-refractivity contribution in [3.05, 3.63) is 36.7 Å². The number of hydrogen-bond acceptors (Lipinski definition) is 5. The first-order valence-electron chi connectivity index (χ1n) is 8.83. The number of fused-ring (bicyclic) bond motifs is 1. The number of carbonyl (C=O) groups is 1. The van der Waals surface area contributed by atoms with E-state index in [9.17, 15) is 4.79 Å². The van der Waals surface area contributed by atoms with Crippen LogP contribution < -0.4 is 10.2 Å². The summed E-state index contributed by atoms with van der Waals surface area (Å²) >= 11 is 0. The Morgan fingerprint density at radius 3 is 3.00 bits per heavy atom. The topological polar surface area (TPSA) is 79.2 Å².